The molecule has 1 aliphatic carbocycles. The molecule has 2 rings (SSSR count). The SMILES string of the molecule is CCCNC(c1ccc(Cl)o1)C1CCC(C)C(C)C1. The van der Waals surface area contributed by atoms with Crippen LogP contribution in [0, 0.1) is 17.8 Å². The Bertz CT molecular complexity index is 390. The summed E-state index contributed by atoms with van der Waals surface area (Å²) in [6.45, 7) is 7.98. The zero-order chi connectivity index (χ0) is 13.8. The highest BCUT2D eigenvalue weighted by Crippen LogP contribution is 2.40. The smallest absolute Gasteiger partial charge is 0.193 e. The highest BCUT2D eigenvalue weighted by Gasteiger charge is 2.32. The molecule has 19 heavy (non-hydrogen) atoms. The molecule has 0 bridgehead atoms. The Morgan fingerprint density at radius 1 is 1.32 bits per heavy atom. The van der Waals surface area contributed by atoms with Gasteiger partial charge in [0.25, 0.3) is 0 Å². The second-order valence-corrected chi connectivity index (χ2v) is 6.47. The highest BCUT2D eigenvalue weighted by atomic mass is 35.5. The summed E-state index contributed by atoms with van der Waals surface area (Å²) in [5.74, 6) is 3.32. The van der Waals surface area contributed by atoms with Crippen LogP contribution in [0.15, 0.2) is 16.5 Å². The molecule has 1 saturated carbocycles. The van der Waals surface area contributed by atoms with Gasteiger partial charge in [-0.3, -0.25) is 0 Å². The number of hydrogen-bond acceptors (Lipinski definition) is 2. The number of halogens is 1. The van der Waals surface area contributed by atoms with Gasteiger partial charge in [-0.15, -0.1) is 0 Å². The third-order valence-corrected chi connectivity index (χ3v) is 4.83. The maximum Gasteiger partial charge on any atom is 0.193 e. The van der Waals surface area contributed by atoms with E-state index in [1.807, 2.05) is 12.1 Å². The van der Waals surface area contributed by atoms with Gasteiger partial charge in [0.2, 0.25) is 0 Å². The van der Waals surface area contributed by atoms with Crippen molar-refractivity contribution in [2.75, 3.05) is 6.54 Å². The standard InChI is InChI=1S/C16H26ClNO/c1-4-9-18-16(14-7-8-15(17)19-14)13-6-5-11(2)12(3)10-13/h7-8,11-13,16,18H,4-6,9-10H2,1-3H3. The molecule has 2 nitrogen and oxygen atoms in total. The van der Waals surface area contributed by atoms with E-state index in [-0.39, 0.29) is 0 Å². The fraction of sp³-hybridized carbons (Fsp3) is 0.750. The van der Waals surface area contributed by atoms with Crippen molar-refractivity contribution in [3.8, 4) is 0 Å². The molecule has 1 heterocycles. The van der Waals surface area contributed by atoms with Crippen LogP contribution in [0.5, 0.6) is 0 Å². The summed E-state index contributed by atoms with van der Waals surface area (Å²) in [5, 5.41) is 4.15. The van der Waals surface area contributed by atoms with E-state index < -0.39 is 0 Å². The van der Waals surface area contributed by atoms with Crippen LogP contribution in [0.4, 0.5) is 0 Å². The minimum atomic E-state index is 0.322. The van der Waals surface area contributed by atoms with Gasteiger partial charge in [-0.2, -0.15) is 0 Å². The van der Waals surface area contributed by atoms with E-state index in [0.717, 1.165) is 30.6 Å². The van der Waals surface area contributed by atoms with E-state index in [2.05, 4.69) is 26.1 Å². The van der Waals surface area contributed by atoms with E-state index in [1.54, 1.807) is 0 Å². The van der Waals surface area contributed by atoms with Crippen LogP contribution in [-0.2, 0) is 0 Å². The molecule has 0 amide bonds. The monoisotopic (exact) mass is 283 g/mol. The van der Waals surface area contributed by atoms with Crippen molar-refractivity contribution in [1.29, 1.82) is 0 Å². The molecule has 0 spiro atoms. The summed E-state index contributed by atoms with van der Waals surface area (Å²) in [7, 11) is 0. The van der Waals surface area contributed by atoms with E-state index in [1.165, 1.54) is 19.3 Å². The average Bonchev–Trinajstić information content (AvgIpc) is 2.80. The molecule has 0 radical (unpaired) electrons. The third kappa shape index (κ3) is 3.76. The van der Waals surface area contributed by atoms with E-state index in [0.29, 0.717) is 17.2 Å². The molecule has 108 valence electrons. The maximum absolute atomic E-state index is 5.93. The van der Waals surface area contributed by atoms with Gasteiger partial charge in [0.1, 0.15) is 5.76 Å². The van der Waals surface area contributed by atoms with Crippen LogP contribution in [-0.4, -0.2) is 6.54 Å². The van der Waals surface area contributed by atoms with Gasteiger partial charge in [-0.05, 0) is 67.3 Å². The summed E-state index contributed by atoms with van der Waals surface area (Å²) in [6, 6.07) is 4.20. The minimum Gasteiger partial charge on any atom is -0.448 e. The Morgan fingerprint density at radius 3 is 2.68 bits per heavy atom. The second-order valence-electron chi connectivity index (χ2n) is 6.10. The fourth-order valence-corrected chi connectivity index (χ4v) is 3.34. The van der Waals surface area contributed by atoms with Gasteiger partial charge < -0.3 is 9.73 Å². The van der Waals surface area contributed by atoms with Crippen molar-refractivity contribution < 1.29 is 4.42 Å². The molecule has 4 unspecified atom stereocenters. The Kier molecular flexibility index (Phi) is 5.35. The summed E-state index contributed by atoms with van der Waals surface area (Å²) >= 11 is 5.93. The van der Waals surface area contributed by atoms with Gasteiger partial charge in [-0.1, -0.05) is 27.2 Å². The van der Waals surface area contributed by atoms with Crippen LogP contribution < -0.4 is 5.32 Å². The summed E-state index contributed by atoms with van der Waals surface area (Å²) in [6.07, 6.45) is 5.03. The zero-order valence-corrected chi connectivity index (χ0v) is 13.0. The molecule has 1 aromatic heterocycles. The van der Waals surface area contributed by atoms with E-state index in [4.69, 9.17) is 16.0 Å². The quantitative estimate of drug-likeness (QED) is 0.818. The molecule has 0 saturated heterocycles. The summed E-state index contributed by atoms with van der Waals surface area (Å²) in [5.41, 5.74) is 0. The Balaban J connectivity index is 2.09. The molecule has 1 fully saturated rings. The Morgan fingerprint density at radius 2 is 2.11 bits per heavy atom. The van der Waals surface area contributed by atoms with Crippen molar-refractivity contribution in [3.05, 3.63) is 23.1 Å². The molecule has 1 N–H and O–H groups in total. The van der Waals surface area contributed by atoms with Crippen molar-refractivity contribution >= 4 is 11.6 Å². The molecule has 1 aliphatic rings. The van der Waals surface area contributed by atoms with Gasteiger partial charge in [0, 0.05) is 0 Å². The molecule has 4 atom stereocenters. The number of rotatable bonds is 5. The number of nitrogens with one attached hydrogen (secondary N) is 1. The Hall–Kier alpha value is -0.470. The third-order valence-electron chi connectivity index (χ3n) is 4.62. The largest absolute Gasteiger partial charge is 0.448 e. The molecular weight excluding hydrogens is 258 g/mol. The molecular formula is C16H26ClNO. The zero-order valence-electron chi connectivity index (χ0n) is 12.3. The molecule has 0 aliphatic heterocycles. The molecule has 1 aromatic rings. The minimum absolute atomic E-state index is 0.322. The van der Waals surface area contributed by atoms with Crippen LogP contribution in [0.3, 0.4) is 0 Å². The van der Waals surface area contributed by atoms with E-state index in [9.17, 15) is 0 Å². The fourth-order valence-electron chi connectivity index (χ4n) is 3.19. The van der Waals surface area contributed by atoms with Crippen molar-refractivity contribution in [2.45, 2.75) is 52.5 Å². The first-order valence-corrected chi connectivity index (χ1v) is 7.98. The lowest BCUT2D eigenvalue weighted by Crippen LogP contribution is -2.33. The van der Waals surface area contributed by atoms with Crippen LogP contribution in [0.1, 0.15) is 58.3 Å². The number of hydrogen-bond donors (Lipinski definition) is 1. The topological polar surface area (TPSA) is 25.2 Å². The first-order valence-electron chi connectivity index (χ1n) is 7.60. The molecule has 0 aromatic carbocycles. The van der Waals surface area contributed by atoms with Gasteiger partial charge in [-0.25, -0.2) is 0 Å². The predicted molar refractivity (Wildman–Crippen MR) is 80.4 cm³/mol. The van der Waals surface area contributed by atoms with Crippen LogP contribution in [0.25, 0.3) is 0 Å². The van der Waals surface area contributed by atoms with Gasteiger partial charge in [0.05, 0.1) is 6.04 Å². The van der Waals surface area contributed by atoms with Crippen LogP contribution >= 0.6 is 11.6 Å². The second kappa shape index (κ2) is 6.81. The highest BCUT2D eigenvalue weighted by molar-refractivity contribution is 6.28. The number of furan rings is 1. The first-order chi connectivity index (χ1) is 9.11. The molecule has 3 heteroatoms. The van der Waals surface area contributed by atoms with Gasteiger partial charge in [0.15, 0.2) is 5.22 Å². The average molecular weight is 284 g/mol. The summed E-state index contributed by atoms with van der Waals surface area (Å²) < 4.78 is 5.66. The maximum atomic E-state index is 5.93. The predicted octanol–water partition coefficient (Wildman–Crippen LogP) is 5.05. The lowest BCUT2D eigenvalue weighted by molar-refractivity contribution is 0.160. The normalized spacial score (nSPS) is 29.4. The van der Waals surface area contributed by atoms with Crippen LogP contribution in [0.2, 0.25) is 5.22 Å². The van der Waals surface area contributed by atoms with Crippen molar-refractivity contribution in [3.63, 3.8) is 0 Å². The van der Waals surface area contributed by atoms with E-state index >= 15 is 0 Å². The first kappa shape index (κ1) is 14.9. The summed E-state index contributed by atoms with van der Waals surface area (Å²) in [4.78, 5) is 0. The van der Waals surface area contributed by atoms with Gasteiger partial charge >= 0.3 is 0 Å². The Labute approximate surface area is 121 Å². The lowest BCUT2D eigenvalue weighted by atomic mass is 9.73. The van der Waals surface area contributed by atoms with Crippen molar-refractivity contribution in [2.24, 2.45) is 17.8 Å². The lowest BCUT2D eigenvalue weighted by Gasteiger charge is -2.36. The van der Waals surface area contributed by atoms with Crippen molar-refractivity contribution in [1.82, 2.24) is 5.32 Å².